The van der Waals surface area contributed by atoms with Gasteiger partial charge in [0.15, 0.2) is 0 Å². The van der Waals surface area contributed by atoms with E-state index >= 15 is 0 Å². The van der Waals surface area contributed by atoms with Gasteiger partial charge in [0.1, 0.15) is 5.88 Å². The van der Waals surface area contributed by atoms with Gasteiger partial charge in [0.2, 0.25) is 0 Å². The molecule has 2 nitrogen and oxygen atoms in total. The summed E-state index contributed by atoms with van der Waals surface area (Å²) in [6, 6.07) is 0. The summed E-state index contributed by atoms with van der Waals surface area (Å²) in [6.45, 7) is 2.27. The summed E-state index contributed by atoms with van der Waals surface area (Å²) in [7, 11) is 0. The molecule has 0 atom stereocenters. The second-order valence-corrected chi connectivity index (χ2v) is 6.65. The van der Waals surface area contributed by atoms with Crippen LogP contribution in [0.5, 0.6) is 0 Å². The molecule has 0 heterocycles. The lowest BCUT2D eigenvalue weighted by atomic mass is 10.0. The summed E-state index contributed by atoms with van der Waals surface area (Å²) < 4.78 is 4.76. The van der Waals surface area contributed by atoms with E-state index in [1.54, 1.807) is 0 Å². The molecule has 0 unspecified atom stereocenters. The zero-order chi connectivity index (χ0) is 17.0. The van der Waals surface area contributed by atoms with Crippen LogP contribution in [0.4, 0.5) is 0 Å². The van der Waals surface area contributed by atoms with Crippen LogP contribution < -0.4 is 0 Å². The van der Waals surface area contributed by atoms with E-state index in [2.05, 4.69) is 6.92 Å². The molecule has 0 aliphatic carbocycles. The molecule has 0 rings (SSSR count). The van der Waals surface area contributed by atoms with Gasteiger partial charge in [0.25, 0.3) is 0 Å². The number of ether oxygens (including phenoxy) is 1. The SMILES string of the molecule is CCCCCCCCCCCCCCCC/C=C/OC(=O)CCl. The lowest BCUT2D eigenvalue weighted by molar-refractivity contribution is -0.135. The number of esters is 1. The number of hydrogen-bond acceptors (Lipinski definition) is 2. The fraction of sp³-hybridized carbons (Fsp3) is 0.850. The van der Waals surface area contributed by atoms with Crippen LogP contribution >= 0.6 is 11.6 Å². The fourth-order valence-corrected chi connectivity index (χ4v) is 2.74. The van der Waals surface area contributed by atoms with Crippen LogP contribution in [0.3, 0.4) is 0 Å². The van der Waals surface area contributed by atoms with Crippen LogP contribution in [-0.4, -0.2) is 11.8 Å². The Morgan fingerprint density at radius 1 is 0.783 bits per heavy atom. The highest BCUT2D eigenvalue weighted by Gasteiger charge is 1.95. The van der Waals surface area contributed by atoms with Crippen molar-refractivity contribution in [1.29, 1.82) is 0 Å². The molecule has 0 spiro atoms. The first-order chi connectivity index (χ1) is 11.3. The number of hydrogen-bond donors (Lipinski definition) is 0. The van der Waals surface area contributed by atoms with Crippen molar-refractivity contribution in [1.82, 2.24) is 0 Å². The first-order valence-electron chi connectivity index (χ1n) is 9.71. The second kappa shape index (κ2) is 19.5. The van der Waals surface area contributed by atoms with Crippen LogP contribution in [-0.2, 0) is 9.53 Å². The smallest absolute Gasteiger partial charge is 0.325 e. The van der Waals surface area contributed by atoms with Gasteiger partial charge < -0.3 is 4.74 Å². The number of carbonyl (C=O) groups excluding carboxylic acids is 1. The van der Waals surface area contributed by atoms with Crippen LogP contribution in [0.2, 0.25) is 0 Å². The van der Waals surface area contributed by atoms with Crippen molar-refractivity contribution in [3.05, 3.63) is 12.3 Å². The lowest BCUT2D eigenvalue weighted by Crippen LogP contribution is -1.99. The third kappa shape index (κ3) is 19.5. The minimum Gasteiger partial charge on any atom is -0.434 e. The van der Waals surface area contributed by atoms with Crippen molar-refractivity contribution < 1.29 is 9.53 Å². The molecule has 0 fully saturated rings. The topological polar surface area (TPSA) is 26.3 Å². The van der Waals surface area contributed by atoms with E-state index in [1.165, 1.54) is 96.2 Å². The fourth-order valence-electron chi connectivity index (χ4n) is 2.68. The van der Waals surface area contributed by atoms with Crippen LogP contribution in [0.15, 0.2) is 12.3 Å². The second-order valence-electron chi connectivity index (χ2n) is 6.38. The lowest BCUT2D eigenvalue weighted by Gasteiger charge is -2.02. The summed E-state index contributed by atoms with van der Waals surface area (Å²) in [4.78, 5) is 10.8. The van der Waals surface area contributed by atoms with E-state index in [-0.39, 0.29) is 11.8 Å². The zero-order valence-electron chi connectivity index (χ0n) is 15.2. The quantitative estimate of drug-likeness (QED) is 0.121. The predicted octanol–water partition coefficient (Wildman–Crippen LogP) is 7.15. The minimum atomic E-state index is -0.385. The molecule has 0 aromatic rings. The number of unbranched alkanes of at least 4 members (excludes halogenated alkanes) is 14. The van der Waals surface area contributed by atoms with Gasteiger partial charge in [-0.15, -0.1) is 11.6 Å². The van der Waals surface area contributed by atoms with Crippen molar-refractivity contribution in [2.45, 2.75) is 103 Å². The summed E-state index contributed by atoms with van der Waals surface area (Å²) in [5.74, 6) is -0.465. The summed E-state index contributed by atoms with van der Waals surface area (Å²) in [5.41, 5.74) is 0. The number of allylic oxidation sites excluding steroid dienone is 1. The summed E-state index contributed by atoms with van der Waals surface area (Å²) in [5, 5.41) is 0. The average Bonchev–Trinajstić information content (AvgIpc) is 2.57. The molecule has 3 heteroatoms. The van der Waals surface area contributed by atoms with Crippen molar-refractivity contribution in [2.24, 2.45) is 0 Å². The van der Waals surface area contributed by atoms with E-state index in [9.17, 15) is 4.79 Å². The highest BCUT2D eigenvalue weighted by Crippen LogP contribution is 2.13. The first-order valence-corrected chi connectivity index (χ1v) is 10.2. The molecule has 0 amide bonds. The molecule has 0 N–H and O–H groups in total. The van der Waals surface area contributed by atoms with E-state index < -0.39 is 0 Å². The third-order valence-corrected chi connectivity index (χ3v) is 4.35. The number of halogens is 1. The molecule has 0 aliphatic rings. The highest BCUT2D eigenvalue weighted by atomic mass is 35.5. The third-order valence-electron chi connectivity index (χ3n) is 4.13. The molecular formula is C20H37ClO2. The monoisotopic (exact) mass is 344 g/mol. The molecule has 0 aliphatic heterocycles. The molecule has 0 aromatic heterocycles. The molecule has 0 aromatic carbocycles. The Hall–Kier alpha value is -0.500. The molecule has 136 valence electrons. The van der Waals surface area contributed by atoms with Crippen LogP contribution in [0, 0.1) is 0 Å². The van der Waals surface area contributed by atoms with Crippen LogP contribution in [0.1, 0.15) is 103 Å². The van der Waals surface area contributed by atoms with Crippen molar-refractivity contribution >= 4 is 17.6 Å². The molecule has 0 radical (unpaired) electrons. The molecule has 0 bridgehead atoms. The predicted molar refractivity (Wildman–Crippen MR) is 101 cm³/mol. The maximum absolute atomic E-state index is 10.8. The largest absolute Gasteiger partial charge is 0.434 e. The van der Waals surface area contributed by atoms with Gasteiger partial charge in [-0.25, -0.2) is 0 Å². The first kappa shape index (κ1) is 22.5. The van der Waals surface area contributed by atoms with E-state index in [0.717, 1.165) is 6.42 Å². The molecule has 0 saturated carbocycles. The Kier molecular flexibility index (Phi) is 19.1. The standard InChI is InChI=1S/C20H37ClO2/c1-2-3-4-5-6-7-8-9-10-11-12-13-14-15-16-17-18-23-20(22)19-21/h17-18H,2-16,19H2,1H3/b18-17+. The van der Waals surface area contributed by atoms with E-state index in [4.69, 9.17) is 16.3 Å². The Balaban J connectivity index is 3.06. The van der Waals surface area contributed by atoms with Gasteiger partial charge in [-0.3, -0.25) is 4.79 Å². The average molecular weight is 345 g/mol. The van der Waals surface area contributed by atoms with Crippen molar-refractivity contribution in [3.63, 3.8) is 0 Å². The summed E-state index contributed by atoms with van der Waals surface area (Å²) >= 11 is 5.32. The number of rotatable bonds is 17. The molecular weight excluding hydrogens is 308 g/mol. The van der Waals surface area contributed by atoms with Crippen LogP contribution in [0.25, 0.3) is 0 Å². The maximum Gasteiger partial charge on any atom is 0.325 e. The van der Waals surface area contributed by atoms with Gasteiger partial charge >= 0.3 is 5.97 Å². The van der Waals surface area contributed by atoms with Gasteiger partial charge in [-0.1, -0.05) is 90.4 Å². The Morgan fingerprint density at radius 3 is 1.65 bits per heavy atom. The Bertz CT molecular complexity index is 277. The van der Waals surface area contributed by atoms with E-state index in [1.807, 2.05) is 6.08 Å². The highest BCUT2D eigenvalue weighted by molar-refractivity contribution is 6.26. The van der Waals surface area contributed by atoms with Gasteiger partial charge in [0, 0.05) is 0 Å². The minimum absolute atomic E-state index is 0.0802. The normalized spacial score (nSPS) is 11.2. The zero-order valence-corrected chi connectivity index (χ0v) is 15.9. The Labute approximate surface area is 149 Å². The molecule has 23 heavy (non-hydrogen) atoms. The van der Waals surface area contributed by atoms with Gasteiger partial charge in [-0.05, 0) is 18.9 Å². The van der Waals surface area contributed by atoms with Crippen molar-refractivity contribution in [2.75, 3.05) is 5.88 Å². The number of alkyl halides is 1. The van der Waals surface area contributed by atoms with Crippen molar-refractivity contribution in [3.8, 4) is 0 Å². The maximum atomic E-state index is 10.8. The van der Waals surface area contributed by atoms with Gasteiger partial charge in [-0.2, -0.15) is 0 Å². The Morgan fingerprint density at radius 2 is 1.22 bits per heavy atom. The number of carbonyl (C=O) groups is 1. The van der Waals surface area contributed by atoms with E-state index in [0.29, 0.717) is 0 Å². The van der Waals surface area contributed by atoms with Gasteiger partial charge in [0.05, 0.1) is 6.26 Å². The summed E-state index contributed by atoms with van der Waals surface area (Å²) in [6.07, 6.45) is 23.6. The molecule has 0 saturated heterocycles.